The molecule has 114 valence electrons. The van der Waals surface area contributed by atoms with Crippen LogP contribution in [0.2, 0.25) is 0 Å². The highest BCUT2D eigenvalue weighted by Gasteiger charge is 2.27. The molecule has 1 aliphatic heterocycles. The second kappa shape index (κ2) is 5.64. The van der Waals surface area contributed by atoms with Crippen molar-refractivity contribution in [2.24, 2.45) is 0 Å². The SMILES string of the molecule is O=S(=O)(O)CNC[C@@H]1CC[C@H](n2cnc3cncnc32)O1. The van der Waals surface area contributed by atoms with Crippen LogP contribution in [0.1, 0.15) is 19.1 Å². The lowest BCUT2D eigenvalue weighted by Gasteiger charge is -2.15. The van der Waals surface area contributed by atoms with Crippen LogP contribution in [0.3, 0.4) is 0 Å². The van der Waals surface area contributed by atoms with Gasteiger partial charge in [0.2, 0.25) is 0 Å². The van der Waals surface area contributed by atoms with E-state index in [1.807, 2.05) is 4.57 Å². The van der Waals surface area contributed by atoms with E-state index in [-0.39, 0.29) is 12.3 Å². The van der Waals surface area contributed by atoms with Crippen LogP contribution in [0.15, 0.2) is 18.9 Å². The Labute approximate surface area is 121 Å². The molecule has 0 unspecified atom stereocenters. The maximum Gasteiger partial charge on any atom is 0.278 e. The molecule has 2 N–H and O–H groups in total. The van der Waals surface area contributed by atoms with Crippen molar-refractivity contribution in [1.82, 2.24) is 24.8 Å². The molecule has 3 heterocycles. The molecule has 0 bridgehead atoms. The Kier molecular flexibility index (Phi) is 3.85. The van der Waals surface area contributed by atoms with Gasteiger partial charge >= 0.3 is 0 Å². The van der Waals surface area contributed by atoms with Gasteiger partial charge in [0, 0.05) is 6.54 Å². The summed E-state index contributed by atoms with van der Waals surface area (Å²) in [6, 6.07) is 0. The lowest BCUT2D eigenvalue weighted by molar-refractivity contribution is 0.00549. The van der Waals surface area contributed by atoms with Crippen molar-refractivity contribution in [2.45, 2.75) is 25.2 Å². The zero-order valence-electron chi connectivity index (χ0n) is 11.1. The molecule has 0 spiro atoms. The van der Waals surface area contributed by atoms with Gasteiger partial charge in [-0.1, -0.05) is 0 Å². The molecule has 0 aliphatic carbocycles. The molecule has 1 fully saturated rings. The van der Waals surface area contributed by atoms with Gasteiger partial charge in [-0.3, -0.25) is 14.4 Å². The largest absolute Gasteiger partial charge is 0.353 e. The molecule has 0 radical (unpaired) electrons. The highest BCUT2D eigenvalue weighted by Crippen LogP contribution is 2.29. The average Bonchev–Trinajstić information content (AvgIpc) is 3.03. The second-order valence-electron chi connectivity index (χ2n) is 4.85. The van der Waals surface area contributed by atoms with Crippen LogP contribution in [0, 0.1) is 0 Å². The highest BCUT2D eigenvalue weighted by molar-refractivity contribution is 7.85. The third-order valence-corrected chi connectivity index (χ3v) is 3.86. The molecule has 2 atom stereocenters. The van der Waals surface area contributed by atoms with Crippen LogP contribution >= 0.6 is 0 Å². The van der Waals surface area contributed by atoms with Gasteiger partial charge in [0.25, 0.3) is 10.1 Å². The van der Waals surface area contributed by atoms with Gasteiger partial charge in [-0.05, 0) is 12.8 Å². The topological polar surface area (TPSA) is 119 Å². The Hall–Kier alpha value is -1.62. The number of aromatic nitrogens is 4. The molecule has 2 aromatic heterocycles. The predicted molar refractivity (Wildman–Crippen MR) is 72.9 cm³/mol. The quantitative estimate of drug-likeness (QED) is 0.737. The Morgan fingerprint density at radius 2 is 2.29 bits per heavy atom. The minimum atomic E-state index is -4.00. The minimum Gasteiger partial charge on any atom is -0.353 e. The second-order valence-corrected chi connectivity index (χ2v) is 6.31. The third-order valence-electron chi connectivity index (χ3n) is 3.29. The average molecular weight is 313 g/mol. The number of nitrogens with zero attached hydrogens (tertiary/aromatic N) is 4. The molecule has 0 aromatic carbocycles. The fourth-order valence-corrected chi connectivity index (χ4v) is 2.76. The van der Waals surface area contributed by atoms with Crippen LogP contribution in [0.25, 0.3) is 11.2 Å². The summed E-state index contributed by atoms with van der Waals surface area (Å²) in [6.07, 6.45) is 6.04. The molecule has 0 amide bonds. The number of imidazole rings is 1. The van der Waals surface area contributed by atoms with E-state index in [1.54, 1.807) is 12.5 Å². The number of rotatable bonds is 5. The number of hydrogen-bond acceptors (Lipinski definition) is 7. The van der Waals surface area contributed by atoms with Gasteiger partial charge in [-0.15, -0.1) is 0 Å². The molecule has 10 heteroatoms. The van der Waals surface area contributed by atoms with Gasteiger partial charge < -0.3 is 4.74 Å². The number of hydrogen-bond donors (Lipinski definition) is 2. The van der Waals surface area contributed by atoms with E-state index < -0.39 is 16.0 Å². The maximum absolute atomic E-state index is 10.6. The standard InChI is InChI=1S/C11H15N5O4S/c17-21(18,19)7-13-3-8-1-2-10(20-8)16-6-15-9-4-12-5-14-11(9)16/h4-6,8,10,13H,1-3,7H2,(H,17,18,19)/t8-,10+/m0/s1. The molecule has 2 aromatic rings. The van der Waals surface area contributed by atoms with Gasteiger partial charge in [0.1, 0.15) is 23.9 Å². The molecule has 21 heavy (non-hydrogen) atoms. The van der Waals surface area contributed by atoms with Crippen molar-refractivity contribution in [2.75, 3.05) is 12.4 Å². The first-order valence-corrected chi connectivity index (χ1v) is 8.08. The number of ether oxygens (including phenoxy) is 1. The summed E-state index contributed by atoms with van der Waals surface area (Å²) < 4.78 is 37.6. The Bertz CT molecular complexity index is 731. The van der Waals surface area contributed by atoms with Crippen LogP contribution < -0.4 is 5.32 Å². The molecular weight excluding hydrogens is 298 g/mol. The van der Waals surface area contributed by atoms with E-state index in [9.17, 15) is 8.42 Å². The molecule has 1 saturated heterocycles. The molecule has 3 rings (SSSR count). The summed E-state index contributed by atoms with van der Waals surface area (Å²) >= 11 is 0. The van der Waals surface area contributed by atoms with Gasteiger partial charge in [0.15, 0.2) is 5.65 Å². The van der Waals surface area contributed by atoms with Crippen molar-refractivity contribution in [3.05, 3.63) is 18.9 Å². The van der Waals surface area contributed by atoms with Crippen molar-refractivity contribution in [3.63, 3.8) is 0 Å². The Balaban J connectivity index is 1.62. The third kappa shape index (κ3) is 3.35. The Morgan fingerprint density at radius 1 is 1.43 bits per heavy atom. The van der Waals surface area contributed by atoms with E-state index >= 15 is 0 Å². The van der Waals surface area contributed by atoms with E-state index in [0.717, 1.165) is 12.8 Å². The van der Waals surface area contributed by atoms with Gasteiger partial charge in [-0.25, -0.2) is 15.0 Å². The summed E-state index contributed by atoms with van der Waals surface area (Å²) in [5, 5.41) is 2.66. The first kappa shape index (κ1) is 14.3. The minimum absolute atomic E-state index is 0.115. The molecule has 1 aliphatic rings. The smallest absolute Gasteiger partial charge is 0.278 e. The van der Waals surface area contributed by atoms with Gasteiger partial charge in [0.05, 0.1) is 18.6 Å². The molecular formula is C11H15N5O4S. The van der Waals surface area contributed by atoms with Crippen molar-refractivity contribution < 1.29 is 17.7 Å². The summed E-state index contributed by atoms with van der Waals surface area (Å²) in [4.78, 5) is 12.3. The first-order valence-electron chi connectivity index (χ1n) is 6.47. The van der Waals surface area contributed by atoms with E-state index in [1.165, 1.54) is 6.33 Å². The van der Waals surface area contributed by atoms with E-state index in [4.69, 9.17) is 9.29 Å². The number of nitrogens with one attached hydrogen (secondary N) is 1. The molecule has 9 nitrogen and oxygen atoms in total. The van der Waals surface area contributed by atoms with Gasteiger partial charge in [-0.2, -0.15) is 8.42 Å². The van der Waals surface area contributed by atoms with Crippen LogP contribution in [-0.4, -0.2) is 51.0 Å². The lowest BCUT2D eigenvalue weighted by Crippen LogP contribution is -2.31. The van der Waals surface area contributed by atoms with E-state index in [0.29, 0.717) is 17.7 Å². The van der Waals surface area contributed by atoms with Crippen LogP contribution in [-0.2, 0) is 14.9 Å². The fraction of sp³-hybridized carbons (Fsp3) is 0.545. The summed E-state index contributed by atoms with van der Waals surface area (Å²) in [5.74, 6) is -0.473. The van der Waals surface area contributed by atoms with E-state index in [2.05, 4.69) is 20.3 Å². The zero-order valence-corrected chi connectivity index (χ0v) is 11.9. The van der Waals surface area contributed by atoms with Crippen molar-refractivity contribution in [1.29, 1.82) is 0 Å². The van der Waals surface area contributed by atoms with Crippen LogP contribution in [0.4, 0.5) is 0 Å². The summed E-state index contributed by atoms with van der Waals surface area (Å²) in [5.41, 5.74) is 1.41. The van der Waals surface area contributed by atoms with Crippen molar-refractivity contribution >= 4 is 21.3 Å². The monoisotopic (exact) mass is 313 g/mol. The maximum atomic E-state index is 10.6. The lowest BCUT2D eigenvalue weighted by atomic mass is 10.2. The summed E-state index contributed by atoms with van der Waals surface area (Å²) in [7, 11) is -4.00. The summed E-state index contributed by atoms with van der Waals surface area (Å²) in [6.45, 7) is 0.359. The van der Waals surface area contributed by atoms with Crippen molar-refractivity contribution in [3.8, 4) is 0 Å². The predicted octanol–water partition coefficient (Wildman–Crippen LogP) is -0.0612. The fourth-order valence-electron chi connectivity index (χ4n) is 2.39. The normalized spacial score (nSPS) is 22.9. The Morgan fingerprint density at radius 3 is 3.10 bits per heavy atom. The number of fused-ring (bicyclic) bond motifs is 1. The molecule has 0 saturated carbocycles. The zero-order chi connectivity index (χ0) is 14.9. The first-order chi connectivity index (χ1) is 10.0. The van der Waals surface area contributed by atoms with Crippen LogP contribution in [0.5, 0.6) is 0 Å². The highest BCUT2D eigenvalue weighted by atomic mass is 32.2.